The van der Waals surface area contributed by atoms with E-state index in [0.29, 0.717) is 0 Å². The number of hydrogen-bond acceptors (Lipinski definition) is 2. The van der Waals surface area contributed by atoms with E-state index < -0.39 is 0 Å². The molecule has 13 heavy (non-hydrogen) atoms. The molecule has 72 valence electrons. The van der Waals surface area contributed by atoms with Crippen LogP contribution >= 0.6 is 11.6 Å². The van der Waals surface area contributed by atoms with E-state index in [-0.39, 0.29) is 12.6 Å². The Labute approximate surface area is 83.3 Å². The predicted octanol–water partition coefficient (Wildman–Crippen LogP) is 1.59. The second-order valence-corrected chi connectivity index (χ2v) is 3.55. The summed E-state index contributed by atoms with van der Waals surface area (Å²) < 4.78 is 0. The molecule has 0 radical (unpaired) electrons. The molecule has 3 N–H and O–H groups in total. The fourth-order valence-electron chi connectivity index (χ4n) is 1.14. The molecular formula is C10H14ClNO. The van der Waals surface area contributed by atoms with Crippen LogP contribution in [-0.2, 0) is 6.42 Å². The monoisotopic (exact) mass is 199 g/mol. The van der Waals surface area contributed by atoms with Crippen molar-refractivity contribution in [3.63, 3.8) is 0 Å². The van der Waals surface area contributed by atoms with Crippen molar-refractivity contribution >= 4 is 11.6 Å². The van der Waals surface area contributed by atoms with Gasteiger partial charge in [0, 0.05) is 11.1 Å². The summed E-state index contributed by atoms with van der Waals surface area (Å²) >= 11 is 5.81. The van der Waals surface area contributed by atoms with Gasteiger partial charge >= 0.3 is 0 Å². The first-order valence-electron chi connectivity index (χ1n) is 4.33. The smallest absolute Gasteiger partial charge is 0.0582 e. The van der Waals surface area contributed by atoms with Crippen LogP contribution in [0.2, 0.25) is 5.02 Å². The zero-order chi connectivity index (χ0) is 9.68. The fraction of sp³-hybridized carbons (Fsp3) is 0.400. The Bertz CT molecular complexity index is 265. The molecule has 3 heteroatoms. The van der Waals surface area contributed by atoms with Gasteiger partial charge in [0.25, 0.3) is 0 Å². The minimum atomic E-state index is -0.126. The van der Waals surface area contributed by atoms with Gasteiger partial charge in [0.2, 0.25) is 0 Å². The van der Waals surface area contributed by atoms with Crippen LogP contribution < -0.4 is 5.73 Å². The van der Waals surface area contributed by atoms with Crippen LogP contribution in [0, 0.1) is 0 Å². The summed E-state index contributed by atoms with van der Waals surface area (Å²) in [6, 6.07) is 7.57. The van der Waals surface area contributed by atoms with E-state index in [1.807, 2.05) is 24.3 Å². The lowest BCUT2D eigenvalue weighted by Crippen LogP contribution is -2.24. The largest absolute Gasteiger partial charge is 0.395 e. The Morgan fingerprint density at radius 1 is 1.46 bits per heavy atom. The van der Waals surface area contributed by atoms with Gasteiger partial charge in [-0.3, -0.25) is 0 Å². The van der Waals surface area contributed by atoms with Crippen molar-refractivity contribution in [1.29, 1.82) is 0 Å². The van der Waals surface area contributed by atoms with Gasteiger partial charge in [-0.1, -0.05) is 23.7 Å². The van der Waals surface area contributed by atoms with Crippen molar-refractivity contribution in [3.05, 3.63) is 34.9 Å². The molecule has 0 fully saturated rings. The lowest BCUT2D eigenvalue weighted by atomic mass is 10.1. The van der Waals surface area contributed by atoms with Crippen molar-refractivity contribution < 1.29 is 5.11 Å². The SMILES string of the molecule is NC(CO)CCc1cccc(Cl)c1. The highest BCUT2D eigenvalue weighted by atomic mass is 35.5. The number of halogens is 1. The van der Waals surface area contributed by atoms with Crippen molar-refractivity contribution in [2.24, 2.45) is 5.73 Å². The molecule has 0 aliphatic carbocycles. The van der Waals surface area contributed by atoms with Crippen LogP contribution in [0.1, 0.15) is 12.0 Å². The molecule has 0 amide bonds. The van der Waals surface area contributed by atoms with Gasteiger partial charge in [-0.2, -0.15) is 0 Å². The predicted molar refractivity (Wildman–Crippen MR) is 54.8 cm³/mol. The molecule has 0 bridgehead atoms. The molecule has 0 saturated heterocycles. The summed E-state index contributed by atoms with van der Waals surface area (Å²) in [7, 11) is 0. The van der Waals surface area contributed by atoms with Crippen molar-refractivity contribution in [2.45, 2.75) is 18.9 Å². The van der Waals surface area contributed by atoms with E-state index in [1.54, 1.807) is 0 Å². The Balaban J connectivity index is 2.45. The topological polar surface area (TPSA) is 46.2 Å². The summed E-state index contributed by atoms with van der Waals surface area (Å²) in [6.45, 7) is 0.0422. The quantitative estimate of drug-likeness (QED) is 0.774. The first-order valence-corrected chi connectivity index (χ1v) is 4.71. The number of hydrogen-bond donors (Lipinski definition) is 2. The molecule has 1 unspecified atom stereocenters. The van der Waals surface area contributed by atoms with Gasteiger partial charge in [-0.25, -0.2) is 0 Å². The molecule has 1 atom stereocenters. The van der Waals surface area contributed by atoms with Gasteiger partial charge in [-0.15, -0.1) is 0 Å². The highest BCUT2D eigenvalue weighted by Gasteiger charge is 2.01. The van der Waals surface area contributed by atoms with Gasteiger partial charge in [0.05, 0.1) is 6.61 Å². The number of aryl methyl sites for hydroxylation is 1. The van der Waals surface area contributed by atoms with Crippen molar-refractivity contribution in [3.8, 4) is 0 Å². The molecule has 0 aliphatic heterocycles. The maximum absolute atomic E-state index is 8.72. The maximum Gasteiger partial charge on any atom is 0.0582 e. The molecule has 2 nitrogen and oxygen atoms in total. The Kier molecular flexibility index (Phi) is 4.22. The standard InChI is InChI=1S/C10H14ClNO/c11-9-3-1-2-8(6-9)4-5-10(12)7-13/h1-3,6,10,13H,4-5,7,12H2. The normalized spacial score (nSPS) is 12.8. The third kappa shape index (κ3) is 3.77. The Morgan fingerprint density at radius 3 is 2.85 bits per heavy atom. The van der Waals surface area contributed by atoms with E-state index in [4.69, 9.17) is 22.4 Å². The molecule has 0 aromatic heterocycles. The number of benzene rings is 1. The number of aliphatic hydroxyl groups is 1. The molecule has 0 saturated carbocycles. The summed E-state index contributed by atoms with van der Waals surface area (Å²) in [4.78, 5) is 0. The van der Waals surface area contributed by atoms with Crippen LogP contribution in [0.25, 0.3) is 0 Å². The molecule has 1 aromatic rings. The summed E-state index contributed by atoms with van der Waals surface area (Å²) in [5.41, 5.74) is 6.74. The molecule has 0 aliphatic rings. The van der Waals surface area contributed by atoms with Crippen LogP contribution in [0.5, 0.6) is 0 Å². The van der Waals surface area contributed by atoms with Gasteiger partial charge in [0.15, 0.2) is 0 Å². The first kappa shape index (κ1) is 10.5. The maximum atomic E-state index is 8.72. The average molecular weight is 200 g/mol. The van der Waals surface area contributed by atoms with E-state index in [0.717, 1.165) is 23.4 Å². The van der Waals surface area contributed by atoms with Crippen LogP contribution in [0.4, 0.5) is 0 Å². The minimum absolute atomic E-state index is 0.0422. The Hall–Kier alpha value is -0.570. The summed E-state index contributed by atoms with van der Waals surface area (Å²) in [6.07, 6.45) is 1.65. The average Bonchev–Trinajstić information content (AvgIpc) is 2.14. The van der Waals surface area contributed by atoms with E-state index >= 15 is 0 Å². The van der Waals surface area contributed by atoms with Crippen LogP contribution in [0.15, 0.2) is 24.3 Å². The van der Waals surface area contributed by atoms with E-state index in [2.05, 4.69) is 0 Å². The fourth-order valence-corrected chi connectivity index (χ4v) is 1.35. The van der Waals surface area contributed by atoms with E-state index in [1.165, 1.54) is 0 Å². The lowest BCUT2D eigenvalue weighted by molar-refractivity contribution is 0.260. The third-order valence-corrected chi connectivity index (χ3v) is 2.16. The number of rotatable bonds is 4. The molecule has 0 spiro atoms. The Morgan fingerprint density at radius 2 is 2.23 bits per heavy atom. The number of aliphatic hydroxyl groups excluding tert-OH is 1. The molecular weight excluding hydrogens is 186 g/mol. The van der Waals surface area contributed by atoms with Crippen LogP contribution in [-0.4, -0.2) is 17.8 Å². The third-order valence-electron chi connectivity index (χ3n) is 1.93. The lowest BCUT2D eigenvalue weighted by Gasteiger charge is -2.07. The zero-order valence-electron chi connectivity index (χ0n) is 7.41. The van der Waals surface area contributed by atoms with Crippen molar-refractivity contribution in [1.82, 2.24) is 0 Å². The highest BCUT2D eigenvalue weighted by molar-refractivity contribution is 6.30. The molecule has 0 heterocycles. The zero-order valence-corrected chi connectivity index (χ0v) is 8.17. The van der Waals surface area contributed by atoms with E-state index in [9.17, 15) is 0 Å². The van der Waals surface area contributed by atoms with Crippen molar-refractivity contribution in [2.75, 3.05) is 6.61 Å². The summed E-state index contributed by atoms with van der Waals surface area (Å²) in [5, 5.41) is 9.46. The second-order valence-electron chi connectivity index (χ2n) is 3.11. The molecule has 1 aromatic carbocycles. The second kappa shape index (κ2) is 5.22. The molecule has 1 rings (SSSR count). The van der Waals surface area contributed by atoms with Gasteiger partial charge in [-0.05, 0) is 30.5 Å². The minimum Gasteiger partial charge on any atom is -0.395 e. The summed E-state index contributed by atoms with van der Waals surface area (Å²) in [5.74, 6) is 0. The highest BCUT2D eigenvalue weighted by Crippen LogP contribution is 2.12. The number of nitrogens with two attached hydrogens (primary N) is 1. The first-order chi connectivity index (χ1) is 6.22. The van der Waals surface area contributed by atoms with Gasteiger partial charge < -0.3 is 10.8 Å². The van der Waals surface area contributed by atoms with Gasteiger partial charge in [0.1, 0.15) is 0 Å². The van der Waals surface area contributed by atoms with Crippen LogP contribution in [0.3, 0.4) is 0 Å².